The summed E-state index contributed by atoms with van der Waals surface area (Å²) < 4.78 is 30.4. The van der Waals surface area contributed by atoms with Crippen LogP contribution in [0.5, 0.6) is 11.5 Å². The highest BCUT2D eigenvalue weighted by Gasteiger charge is 2.18. The van der Waals surface area contributed by atoms with Crippen molar-refractivity contribution in [3.8, 4) is 22.6 Å². The van der Waals surface area contributed by atoms with E-state index in [1.165, 1.54) is 31.2 Å². The Labute approximate surface area is 213 Å². The third kappa shape index (κ3) is 5.11. The van der Waals surface area contributed by atoms with E-state index in [9.17, 15) is 8.42 Å². The summed E-state index contributed by atoms with van der Waals surface area (Å²) in [6.45, 7) is 5.32. The van der Waals surface area contributed by atoms with Crippen molar-refractivity contribution in [1.82, 2.24) is 5.01 Å². The van der Waals surface area contributed by atoms with Crippen molar-refractivity contribution < 1.29 is 13.2 Å². The second kappa shape index (κ2) is 10.3. The van der Waals surface area contributed by atoms with Crippen molar-refractivity contribution in [2.24, 2.45) is 0 Å². The molecule has 1 aliphatic heterocycles. The molecule has 0 aliphatic carbocycles. The maximum Gasteiger partial charge on any atom is 0.175 e. The lowest BCUT2D eigenvalue weighted by atomic mass is 9.99. The van der Waals surface area contributed by atoms with Crippen LogP contribution in [0.15, 0.2) is 89.8 Å². The molecule has 6 heteroatoms. The first-order valence-electron chi connectivity index (χ1n) is 12.6. The van der Waals surface area contributed by atoms with Crippen molar-refractivity contribution >= 4 is 26.3 Å². The molecule has 0 atom stereocenters. The van der Waals surface area contributed by atoms with Crippen LogP contribution >= 0.6 is 0 Å². The van der Waals surface area contributed by atoms with Crippen LogP contribution in [0, 0.1) is 0 Å². The molecular weight excluding hydrogens is 468 g/mol. The number of piperidine rings is 1. The number of rotatable bonds is 7. The minimum Gasteiger partial charge on any atom is -0.456 e. The number of fused-ring (bicyclic) bond motifs is 1. The highest BCUT2D eigenvalue weighted by molar-refractivity contribution is 7.90. The molecule has 0 bridgehead atoms. The van der Waals surface area contributed by atoms with Crippen LogP contribution in [-0.2, 0) is 9.84 Å². The van der Waals surface area contributed by atoms with Gasteiger partial charge in [0.05, 0.1) is 10.6 Å². The van der Waals surface area contributed by atoms with E-state index in [4.69, 9.17) is 4.74 Å². The fraction of sp³-hybridized carbons (Fsp3) is 0.267. The quantitative estimate of drug-likeness (QED) is 0.275. The van der Waals surface area contributed by atoms with E-state index in [2.05, 4.69) is 47.3 Å². The Hall–Kier alpha value is -3.35. The second-order valence-corrected chi connectivity index (χ2v) is 11.3. The lowest BCUT2D eigenvalue weighted by Crippen LogP contribution is -2.45. The topological polar surface area (TPSA) is 49.9 Å². The summed E-state index contributed by atoms with van der Waals surface area (Å²) in [5, 5.41) is 6.90. The molecular formula is C30H32N2O3S. The summed E-state index contributed by atoms with van der Waals surface area (Å²) in [6.07, 6.45) is 5.02. The Balaban J connectivity index is 1.49. The SMILES string of the molecule is CCN(c1ccc(Oc2c(-c3ccc(S(C)(=O)=O)cc3)ccc3ccccc23)cc1)N1CCCCC1. The summed E-state index contributed by atoms with van der Waals surface area (Å²) in [7, 11) is -3.26. The fourth-order valence-electron chi connectivity index (χ4n) is 4.93. The van der Waals surface area contributed by atoms with Gasteiger partial charge in [0.2, 0.25) is 0 Å². The van der Waals surface area contributed by atoms with Crippen LogP contribution in [0.3, 0.4) is 0 Å². The molecule has 0 aromatic heterocycles. The number of nitrogens with zero attached hydrogens (tertiary/aromatic N) is 2. The van der Waals surface area contributed by atoms with E-state index in [1.807, 2.05) is 42.5 Å². The fourth-order valence-corrected chi connectivity index (χ4v) is 5.56. The van der Waals surface area contributed by atoms with E-state index in [-0.39, 0.29) is 0 Å². The number of hydrogen-bond acceptors (Lipinski definition) is 5. The van der Waals surface area contributed by atoms with Crippen LogP contribution in [0.4, 0.5) is 5.69 Å². The minimum absolute atomic E-state index is 0.305. The molecule has 0 radical (unpaired) electrons. The van der Waals surface area contributed by atoms with Crippen LogP contribution in [0.2, 0.25) is 0 Å². The van der Waals surface area contributed by atoms with E-state index in [1.54, 1.807) is 12.1 Å². The summed E-state index contributed by atoms with van der Waals surface area (Å²) >= 11 is 0. The molecule has 0 unspecified atom stereocenters. The molecule has 5 nitrogen and oxygen atoms in total. The second-order valence-electron chi connectivity index (χ2n) is 9.29. The number of hydrazine groups is 1. The number of anilines is 1. The predicted octanol–water partition coefficient (Wildman–Crippen LogP) is 6.93. The maximum atomic E-state index is 11.9. The molecule has 1 aliphatic rings. The van der Waals surface area contributed by atoms with Gasteiger partial charge in [-0.25, -0.2) is 13.4 Å². The average molecular weight is 501 g/mol. The standard InChI is InChI=1S/C30H32N2O3S/c1-3-32(31-21-7-4-8-22-31)25-14-16-26(17-15-25)35-30-28-10-6-5-9-23(28)13-20-29(30)24-11-18-27(19-12-24)36(2,33)34/h5-6,9-20H,3-4,7-8,21-22H2,1-2H3. The molecule has 0 saturated carbocycles. The van der Waals surface area contributed by atoms with Crippen LogP contribution in [0.1, 0.15) is 26.2 Å². The summed E-state index contributed by atoms with van der Waals surface area (Å²) in [5.41, 5.74) is 2.99. The molecule has 36 heavy (non-hydrogen) atoms. The lowest BCUT2D eigenvalue weighted by Gasteiger charge is -2.38. The monoisotopic (exact) mass is 500 g/mol. The molecule has 4 aromatic carbocycles. The van der Waals surface area contributed by atoms with Crippen molar-refractivity contribution in [2.75, 3.05) is 30.9 Å². The molecule has 4 aromatic rings. The zero-order valence-corrected chi connectivity index (χ0v) is 21.7. The zero-order valence-electron chi connectivity index (χ0n) is 20.9. The third-order valence-corrected chi connectivity index (χ3v) is 7.93. The molecule has 1 fully saturated rings. The van der Waals surface area contributed by atoms with Gasteiger partial charge in [-0.2, -0.15) is 0 Å². The number of ether oxygens (including phenoxy) is 1. The lowest BCUT2D eigenvalue weighted by molar-refractivity contribution is 0.210. The van der Waals surface area contributed by atoms with E-state index >= 15 is 0 Å². The van der Waals surface area contributed by atoms with Gasteiger partial charge in [0.1, 0.15) is 11.5 Å². The highest BCUT2D eigenvalue weighted by Crippen LogP contribution is 2.40. The van der Waals surface area contributed by atoms with Gasteiger partial charge >= 0.3 is 0 Å². The Morgan fingerprint density at radius 1 is 0.833 bits per heavy atom. The Morgan fingerprint density at radius 3 is 2.19 bits per heavy atom. The highest BCUT2D eigenvalue weighted by atomic mass is 32.2. The molecule has 0 amide bonds. The predicted molar refractivity (Wildman–Crippen MR) is 147 cm³/mol. The number of sulfone groups is 1. The Kier molecular flexibility index (Phi) is 6.99. The first-order valence-corrected chi connectivity index (χ1v) is 14.5. The Bertz CT molecular complexity index is 1440. The van der Waals surface area contributed by atoms with Gasteiger partial charge in [0.25, 0.3) is 0 Å². The van der Waals surface area contributed by atoms with Gasteiger partial charge in [0.15, 0.2) is 9.84 Å². The molecule has 186 valence electrons. The van der Waals surface area contributed by atoms with Crippen LogP contribution in [0.25, 0.3) is 21.9 Å². The van der Waals surface area contributed by atoms with Crippen molar-refractivity contribution in [2.45, 2.75) is 31.1 Å². The van der Waals surface area contributed by atoms with Gasteiger partial charge in [-0.15, -0.1) is 0 Å². The zero-order chi connectivity index (χ0) is 25.1. The molecule has 1 saturated heterocycles. The smallest absolute Gasteiger partial charge is 0.175 e. The molecule has 0 spiro atoms. The van der Waals surface area contributed by atoms with Gasteiger partial charge in [-0.3, -0.25) is 0 Å². The van der Waals surface area contributed by atoms with E-state index in [0.29, 0.717) is 4.90 Å². The van der Waals surface area contributed by atoms with Gasteiger partial charge in [-0.05, 0) is 73.2 Å². The number of benzene rings is 4. The van der Waals surface area contributed by atoms with Gasteiger partial charge < -0.3 is 9.75 Å². The molecule has 0 N–H and O–H groups in total. The third-order valence-electron chi connectivity index (χ3n) is 6.80. The van der Waals surface area contributed by atoms with E-state index in [0.717, 1.165) is 53.0 Å². The van der Waals surface area contributed by atoms with Crippen LogP contribution in [-0.4, -0.2) is 39.3 Å². The molecule has 1 heterocycles. The Morgan fingerprint density at radius 2 is 1.53 bits per heavy atom. The maximum absolute atomic E-state index is 11.9. The molecule has 5 rings (SSSR count). The summed E-state index contributed by atoms with van der Waals surface area (Å²) in [5.74, 6) is 1.52. The first-order chi connectivity index (χ1) is 17.4. The largest absolute Gasteiger partial charge is 0.456 e. The first kappa shape index (κ1) is 24.3. The normalized spacial score (nSPS) is 14.6. The average Bonchev–Trinajstić information content (AvgIpc) is 2.90. The van der Waals surface area contributed by atoms with Crippen molar-refractivity contribution in [3.63, 3.8) is 0 Å². The van der Waals surface area contributed by atoms with Gasteiger partial charge in [-0.1, -0.05) is 48.9 Å². The van der Waals surface area contributed by atoms with E-state index < -0.39 is 9.84 Å². The van der Waals surface area contributed by atoms with Gasteiger partial charge in [0, 0.05) is 36.8 Å². The van der Waals surface area contributed by atoms with Crippen molar-refractivity contribution in [1.29, 1.82) is 0 Å². The summed E-state index contributed by atoms with van der Waals surface area (Å²) in [6, 6.07) is 27.5. The van der Waals surface area contributed by atoms with Crippen LogP contribution < -0.4 is 9.75 Å². The summed E-state index contributed by atoms with van der Waals surface area (Å²) in [4.78, 5) is 0.305. The minimum atomic E-state index is -3.26. The number of hydrogen-bond donors (Lipinski definition) is 0. The van der Waals surface area contributed by atoms with Crippen molar-refractivity contribution in [3.05, 3.63) is 84.9 Å².